The molecule has 2 N–H and O–H groups in total. The van der Waals surface area contributed by atoms with Gasteiger partial charge < -0.3 is 10.6 Å². The standard InChI is InChI=1S/C18H30N2O/c1-5-20(17-8-6-7-15(4)13-17)18(21)10-9-16(11-12-19)14(2)3/h6-8,13-14,16H,5,9-12,19H2,1-4H3. The average molecular weight is 290 g/mol. The molecule has 1 unspecified atom stereocenters. The van der Waals surface area contributed by atoms with Gasteiger partial charge in [0.1, 0.15) is 0 Å². The fourth-order valence-electron chi connectivity index (χ4n) is 2.77. The average Bonchev–Trinajstić information content (AvgIpc) is 2.44. The first kappa shape index (κ1) is 17.7. The maximum absolute atomic E-state index is 12.5. The van der Waals surface area contributed by atoms with Crippen LogP contribution in [0.4, 0.5) is 5.69 Å². The fraction of sp³-hybridized carbons (Fsp3) is 0.611. The summed E-state index contributed by atoms with van der Waals surface area (Å²) in [4.78, 5) is 14.4. The number of hydrogen-bond donors (Lipinski definition) is 1. The molecular formula is C18H30N2O. The maximum atomic E-state index is 12.5. The highest BCUT2D eigenvalue weighted by Crippen LogP contribution is 2.23. The number of amides is 1. The second kappa shape index (κ2) is 8.83. The smallest absolute Gasteiger partial charge is 0.226 e. The minimum absolute atomic E-state index is 0.214. The zero-order valence-electron chi connectivity index (χ0n) is 13.9. The molecular weight excluding hydrogens is 260 g/mol. The van der Waals surface area contributed by atoms with Gasteiger partial charge in [-0.15, -0.1) is 0 Å². The third kappa shape index (κ3) is 5.50. The van der Waals surface area contributed by atoms with Crippen molar-refractivity contribution in [1.29, 1.82) is 0 Å². The normalized spacial score (nSPS) is 12.5. The summed E-state index contributed by atoms with van der Waals surface area (Å²) in [5, 5.41) is 0. The van der Waals surface area contributed by atoms with Gasteiger partial charge in [-0.2, -0.15) is 0 Å². The molecule has 1 aromatic carbocycles. The van der Waals surface area contributed by atoms with E-state index in [2.05, 4.69) is 32.9 Å². The lowest BCUT2D eigenvalue weighted by molar-refractivity contribution is -0.118. The summed E-state index contributed by atoms with van der Waals surface area (Å²) in [6, 6.07) is 8.14. The maximum Gasteiger partial charge on any atom is 0.226 e. The molecule has 3 heteroatoms. The van der Waals surface area contributed by atoms with Gasteiger partial charge in [0.25, 0.3) is 0 Å². The lowest BCUT2D eigenvalue weighted by atomic mass is 9.88. The Labute approximate surface area is 129 Å². The molecule has 0 aliphatic carbocycles. The van der Waals surface area contributed by atoms with Crippen molar-refractivity contribution in [2.75, 3.05) is 18.0 Å². The summed E-state index contributed by atoms with van der Waals surface area (Å²) in [7, 11) is 0. The molecule has 0 saturated carbocycles. The van der Waals surface area contributed by atoms with Gasteiger partial charge in [-0.25, -0.2) is 0 Å². The van der Waals surface area contributed by atoms with Crippen LogP contribution in [0, 0.1) is 18.8 Å². The predicted molar refractivity (Wildman–Crippen MR) is 90.4 cm³/mol. The third-order valence-electron chi connectivity index (χ3n) is 4.14. The van der Waals surface area contributed by atoms with E-state index in [0.29, 0.717) is 31.3 Å². The summed E-state index contributed by atoms with van der Waals surface area (Å²) in [6.07, 6.45) is 2.53. The molecule has 21 heavy (non-hydrogen) atoms. The minimum atomic E-state index is 0.214. The van der Waals surface area contributed by atoms with Gasteiger partial charge >= 0.3 is 0 Å². The van der Waals surface area contributed by atoms with Crippen LogP contribution in [0.3, 0.4) is 0 Å². The monoisotopic (exact) mass is 290 g/mol. The van der Waals surface area contributed by atoms with E-state index < -0.39 is 0 Å². The number of anilines is 1. The molecule has 1 atom stereocenters. The molecule has 1 rings (SSSR count). The van der Waals surface area contributed by atoms with Crippen LogP contribution in [0.1, 0.15) is 45.6 Å². The van der Waals surface area contributed by atoms with E-state index in [-0.39, 0.29) is 5.91 Å². The number of carbonyl (C=O) groups is 1. The second-order valence-electron chi connectivity index (χ2n) is 6.10. The van der Waals surface area contributed by atoms with E-state index in [4.69, 9.17) is 5.73 Å². The highest BCUT2D eigenvalue weighted by atomic mass is 16.2. The van der Waals surface area contributed by atoms with Gasteiger partial charge in [0, 0.05) is 18.7 Å². The first-order valence-electron chi connectivity index (χ1n) is 8.06. The van der Waals surface area contributed by atoms with Crippen molar-refractivity contribution in [1.82, 2.24) is 0 Å². The molecule has 0 saturated heterocycles. The number of carbonyl (C=O) groups excluding carboxylic acids is 1. The highest BCUT2D eigenvalue weighted by Gasteiger charge is 2.18. The number of nitrogens with zero attached hydrogens (tertiary/aromatic N) is 1. The Morgan fingerprint density at radius 2 is 2.00 bits per heavy atom. The van der Waals surface area contributed by atoms with Crippen molar-refractivity contribution < 1.29 is 4.79 Å². The van der Waals surface area contributed by atoms with E-state index in [0.717, 1.165) is 18.5 Å². The van der Waals surface area contributed by atoms with E-state index in [9.17, 15) is 4.79 Å². The van der Waals surface area contributed by atoms with Crippen molar-refractivity contribution >= 4 is 11.6 Å². The van der Waals surface area contributed by atoms with Crippen molar-refractivity contribution in [2.45, 2.75) is 47.0 Å². The third-order valence-corrected chi connectivity index (χ3v) is 4.14. The van der Waals surface area contributed by atoms with Crippen LogP contribution < -0.4 is 10.6 Å². The molecule has 0 aromatic heterocycles. The van der Waals surface area contributed by atoms with Crippen LogP contribution in [0.2, 0.25) is 0 Å². The summed E-state index contributed by atoms with van der Waals surface area (Å²) in [5.74, 6) is 1.33. The zero-order chi connectivity index (χ0) is 15.8. The van der Waals surface area contributed by atoms with Gasteiger partial charge in [-0.1, -0.05) is 26.0 Å². The predicted octanol–water partition coefficient (Wildman–Crippen LogP) is 3.75. The van der Waals surface area contributed by atoms with Crippen LogP contribution in [-0.2, 0) is 4.79 Å². The SMILES string of the molecule is CCN(C(=O)CCC(CCN)C(C)C)c1cccc(C)c1. The van der Waals surface area contributed by atoms with Gasteiger partial charge in [0.2, 0.25) is 5.91 Å². The second-order valence-corrected chi connectivity index (χ2v) is 6.10. The van der Waals surface area contributed by atoms with E-state index in [1.54, 1.807) is 0 Å². The topological polar surface area (TPSA) is 46.3 Å². The molecule has 3 nitrogen and oxygen atoms in total. The van der Waals surface area contributed by atoms with Gasteiger partial charge in [0.15, 0.2) is 0 Å². The minimum Gasteiger partial charge on any atom is -0.330 e. The Kier molecular flexibility index (Phi) is 7.44. The first-order valence-corrected chi connectivity index (χ1v) is 8.06. The number of hydrogen-bond acceptors (Lipinski definition) is 2. The Bertz CT molecular complexity index is 443. The Hall–Kier alpha value is -1.35. The number of benzene rings is 1. The van der Waals surface area contributed by atoms with Crippen LogP contribution in [0.25, 0.3) is 0 Å². The number of rotatable bonds is 8. The molecule has 0 radical (unpaired) electrons. The molecule has 0 bridgehead atoms. The van der Waals surface area contributed by atoms with Crippen LogP contribution in [-0.4, -0.2) is 19.0 Å². The fourth-order valence-corrected chi connectivity index (χ4v) is 2.77. The van der Waals surface area contributed by atoms with E-state index in [1.165, 1.54) is 5.56 Å². The Morgan fingerprint density at radius 3 is 2.52 bits per heavy atom. The van der Waals surface area contributed by atoms with Crippen LogP contribution >= 0.6 is 0 Å². The van der Waals surface area contributed by atoms with Gasteiger partial charge in [-0.05, 0) is 62.8 Å². The quantitative estimate of drug-likeness (QED) is 0.792. The molecule has 0 fully saturated rings. The van der Waals surface area contributed by atoms with Crippen molar-refractivity contribution in [3.05, 3.63) is 29.8 Å². The first-order chi connectivity index (χ1) is 9.99. The Morgan fingerprint density at radius 1 is 1.29 bits per heavy atom. The zero-order valence-corrected chi connectivity index (χ0v) is 13.9. The van der Waals surface area contributed by atoms with E-state index >= 15 is 0 Å². The van der Waals surface area contributed by atoms with Gasteiger partial charge in [-0.3, -0.25) is 4.79 Å². The molecule has 0 spiro atoms. The molecule has 1 amide bonds. The lowest BCUT2D eigenvalue weighted by Gasteiger charge is -2.24. The molecule has 0 aliphatic rings. The number of aryl methyl sites for hydroxylation is 1. The molecule has 1 aromatic rings. The van der Waals surface area contributed by atoms with Gasteiger partial charge in [0.05, 0.1) is 0 Å². The Balaban J connectivity index is 2.67. The molecule has 118 valence electrons. The van der Waals surface area contributed by atoms with Crippen molar-refractivity contribution in [3.63, 3.8) is 0 Å². The van der Waals surface area contributed by atoms with Crippen molar-refractivity contribution in [3.8, 4) is 0 Å². The summed E-state index contributed by atoms with van der Waals surface area (Å²) < 4.78 is 0. The van der Waals surface area contributed by atoms with Crippen LogP contribution in [0.15, 0.2) is 24.3 Å². The summed E-state index contributed by atoms with van der Waals surface area (Å²) >= 11 is 0. The molecule has 0 aliphatic heterocycles. The number of nitrogens with two attached hydrogens (primary N) is 1. The van der Waals surface area contributed by atoms with E-state index in [1.807, 2.05) is 24.0 Å². The highest BCUT2D eigenvalue weighted by molar-refractivity contribution is 5.93. The van der Waals surface area contributed by atoms with Crippen molar-refractivity contribution in [2.24, 2.45) is 17.6 Å². The molecule has 0 heterocycles. The van der Waals surface area contributed by atoms with Crippen LogP contribution in [0.5, 0.6) is 0 Å². The lowest BCUT2D eigenvalue weighted by Crippen LogP contribution is -2.31. The summed E-state index contributed by atoms with van der Waals surface area (Å²) in [6.45, 7) is 9.92. The largest absolute Gasteiger partial charge is 0.330 e. The summed E-state index contributed by atoms with van der Waals surface area (Å²) in [5.41, 5.74) is 7.86.